The number of methoxy groups -OCH3 is 1. The smallest absolute Gasteiger partial charge is 0.254 e. The van der Waals surface area contributed by atoms with E-state index in [1.165, 1.54) is 0 Å². The summed E-state index contributed by atoms with van der Waals surface area (Å²) < 4.78 is 5.24. The van der Waals surface area contributed by atoms with Gasteiger partial charge in [0.1, 0.15) is 5.75 Å². The summed E-state index contributed by atoms with van der Waals surface area (Å²) in [5.41, 5.74) is 0.636. The Kier molecular flexibility index (Phi) is 4.24. The molecule has 1 fully saturated rings. The predicted octanol–water partition coefficient (Wildman–Crippen LogP) is 1.60. The van der Waals surface area contributed by atoms with Gasteiger partial charge in [0.15, 0.2) is 0 Å². The fourth-order valence-corrected chi connectivity index (χ4v) is 3.11. The number of hydrogen-bond acceptors (Lipinski definition) is 4. The number of benzene rings is 2. The zero-order valence-electron chi connectivity index (χ0n) is 13.7. The Bertz CT molecular complexity index is 729. The molecule has 0 aliphatic carbocycles. The average molecular weight is 314 g/mol. The number of likely N-dealkylation sites (tertiary alicyclic amines) is 1. The first-order chi connectivity index (χ1) is 11.0. The second kappa shape index (κ2) is 6.18. The highest BCUT2D eigenvalue weighted by atomic mass is 16.5. The Morgan fingerprint density at radius 2 is 1.91 bits per heavy atom. The first-order valence-corrected chi connectivity index (χ1v) is 7.71. The number of aliphatic hydroxyl groups is 1. The maximum absolute atomic E-state index is 12.7. The largest absolute Gasteiger partial charge is 0.497 e. The van der Waals surface area contributed by atoms with E-state index in [2.05, 4.69) is 0 Å². The van der Waals surface area contributed by atoms with Gasteiger partial charge in [0.05, 0.1) is 19.3 Å². The summed E-state index contributed by atoms with van der Waals surface area (Å²) in [7, 11) is 5.47. The fraction of sp³-hybridized carbons (Fsp3) is 0.389. The average Bonchev–Trinajstić information content (AvgIpc) is 2.95. The lowest BCUT2D eigenvalue weighted by Gasteiger charge is -2.21. The third kappa shape index (κ3) is 3.02. The van der Waals surface area contributed by atoms with E-state index in [9.17, 15) is 9.90 Å². The van der Waals surface area contributed by atoms with Crippen LogP contribution in [0.2, 0.25) is 0 Å². The lowest BCUT2D eigenvalue weighted by molar-refractivity contribution is 0.0764. The summed E-state index contributed by atoms with van der Waals surface area (Å²) in [6, 6.07) is 11.5. The summed E-state index contributed by atoms with van der Waals surface area (Å²) >= 11 is 0. The quantitative estimate of drug-likeness (QED) is 0.935. The van der Waals surface area contributed by atoms with Gasteiger partial charge in [-0.25, -0.2) is 0 Å². The number of fused-ring (bicyclic) bond motifs is 1. The lowest BCUT2D eigenvalue weighted by Crippen LogP contribution is -2.38. The van der Waals surface area contributed by atoms with Gasteiger partial charge in [-0.15, -0.1) is 0 Å². The van der Waals surface area contributed by atoms with Crippen LogP contribution < -0.4 is 4.74 Å². The number of likely N-dealkylation sites (N-methyl/N-ethyl adjacent to an activating group) is 1. The molecule has 0 unspecified atom stereocenters. The van der Waals surface area contributed by atoms with E-state index in [-0.39, 0.29) is 11.9 Å². The summed E-state index contributed by atoms with van der Waals surface area (Å²) in [5.74, 6) is 0.726. The van der Waals surface area contributed by atoms with Crippen molar-refractivity contribution in [2.24, 2.45) is 0 Å². The maximum Gasteiger partial charge on any atom is 0.254 e. The molecule has 0 bridgehead atoms. The third-order valence-electron chi connectivity index (χ3n) is 4.50. The fourth-order valence-electron chi connectivity index (χ4n) is 3.11. The molecule has 3 rings (SSSR count). The van der Waals surface area contributed by atoms with E-state index in [4.69, 9.17) is 4.74 Å². The zero-order chi connectivity index (χ0) is 16.6. The topological polar surface area (TPSA) is 53.0 Å². The first-order valence-electron chi connectivity index (χ1n) is 7.71. The molecule has 0 saturated carbocycles. The number of rotatable bonds is 3. The minimum atomic E-state index is -0.505. The van der Waals surface area contributed by atoms with Crippen molar-refractivity contribution in [3.05, 3.63) is 42.0 Å². The first kappa shape index (κ1) is 15.8. The monoisotopic (exact) mass is 314 g/mol. The van der Waals surface area contributed by atoms with E-state index in [0.29, 0.717) is 18.7 Å². The Balaban J connectivity index is 1.86. The molecule has 2 aromatic rings. The van der Waals surface area contributed by atoms with Crippen LogP contribution in [0.25, 0.3) is 10.8 Å². The van der Waals surface area contributed by atoms with Gasteiger partial charge in [-0.1, -0.05) is 12.1 Å². The van der Waals surface area contributed by atoms with Crippen molar-refractivity contribution in [2.45, 2.75) is 12.1 Å². The highest BCUT2D eigenvalue weighted by Gasteiger charge is 2.35. The molecule has 1 saturated heterocycles. The molecule has 1 amide bonds. The van der Waals surface area contributed by atoms with Crippen LogP contribution in [0.1, 0.15) is 10.4 Å². The van der Waals surface area contributed by atoms with Gasteiger partial charge < -0.3 is 19.6 Å². The molecule has 2 aromatic carbocycles. The zero-order valence-corrected chi connectivity index (χ0v) is 13.7. The van der Waals surface area contributed by atoms with Gasteiger partial charge >= 0.3 is 0 Å². The molecular formula is C18H22N2O3. The number of amides is 1. The number of ether oxygens (including phenoxy) is 1. The molecule has 0 radical (unpaired) electrons. The molecular weight excluding hydrogens is 292 g/mol. The number of nitrogens with zero attached hydrogens (tertiary/aromatic N) is 2. The van der Waals surface area contributed by atoms with E-state index in [1.54, 1.807) is 12.0 Å². The Morgan fingerprint density at radius 1 is 1.17 bits per heavy atom. The lowest BCUT2D eigenvalue weighted by atomic mass is 10.1. The van der Waals surface area contributed by atoms with Crippen LogP contribution in [0.15, 0.2) is 36.4 Å². The number of aliphatic hydroxyl groups excluding tert-OH is 1. The van der Waals surface area contributed by atoms with Crippen molar-refractivity contribution in [3.63, 3.8) is 0 Å². The summed E-state index contributed by atoms with van der Waals surface area (Å²) in [4.78, 5) is 16.4. The number of carbonyl (C=O) groups is 1. The molecule has 1 N–H and O–H groups in total. The van der Waals surface area contributed by atoms with Crippen molar-refractivity contribution < 1.29 is 14.6 Å². The molecule has 0 spiro atoms. The van der Waals surface area contributed by atoms with Crippen LogP contribution in [-0.2, 0) is 0 Å². The number of carbonyl (C=O) groups excluding carboxylic acids is 1. The number of β-amino-alcohol motifs (C(OH)–C–C–N with tert-alkyl or cyclic N) is 1. The van der Waals surface area contributed by atoms with Crippen molar-refractivity contribution in [2.75, 3.05) is 34.3 Å². The van der Waals surface area contributed by atoms with Crippen molar-refractivity contribution >= 4 is 16.7 Å². The van der Waals surface area contributed by atoms with Crippen LogP contribution in [0.4, 0.5) is 0 Å². The van der Waals surface area contributed by atoms with E-state index in [1.807, 2.05) is 55.4 Å². The highest BCUT2D eigenvalue weighted by molar-refractivity contribution is 5.99. The van der Waals surface area contributed by atoms with Gasteiger partial charge in [-0.3, -0.25) is 4.79 Å². The highest BCUT2D eigenvalue weighted by Crippen LogP contribution is 2.24. The van der Waals surface area contributed by atoms with Crippen molar-refractivity contribution in [1.82, 2.24) is 9.80 Å². The molecule has 23 heavy (non-hydrogen) atoms. The van der Waals surface area contributed by atoms with Gasteiger partial charge in [0.25, 0.3) is 5.91 Å². The Hall–Kier alpha value is -2.11. The van der Waals surface area contributed by atoms with E-state index < -0.39 is 6.10 Å². The Labute approximate surface area is 136 Å². The minimum absolute atomic E-state index is 0.0144. The van der Waals surface area contributed by atoms with E-state index in [0.717, 1.165) is 16.5 Å². The minimum Gasteiger partial charge on any atom is -0.497 e. The predicted molar refractivity (Wildman–Crippen MR) is 89.9 cm³/mol. The second-order valence-corrected chi connectivity index (χ2v) is 6.24. The molecule has 2 atom stereocenters. The van der Waals surface area contributed by atoms with Crippen molar-refractivity contribution in [1.29, 1.82) is 0 Å². The van der Waals surface area contributed by atoms with Crippen molar-refractivity contribution in [3.8, 4) is 5.75 Å². The molecule has 5 nitrogen and oxygen atoms in total. The summed E-state index contributed by atoms with van der Waals surface area (Å²) in [6.45, 7) is 0.918. The SMILES string of the molecule is COc1ccc2ccc(C(=O)N3C[C@H](O)[C@@H](N(C)C)C3)cc2c1. The molecule has 1 aliphatic heterocycles. The van der Waals surface area contributed by atoms with Gasteiger partial charge in [-0.2, -0.15) is 0 Å². The van der Waals surface area contributed by atoms with Gasteiger partial charge in [-0.05, 0) is 49.1 Å². The van der Waals surface area contributed by atoms with Crippen LogP contribution in [-0.4, -0.2) is 67.3 Å². The van der Waals surface area contributed by atoms with Gasteiger partial charge in [0.2, 0.25) is 0 Å². The normalized spacial score (nSPS) is 21.2. The van der Waals surface area contributed by atoms with E-state index >= 15 is 0 Å². The number of hydrogen-bond donors (Lipinski definition) is 1. The van der Waals surface area contributed by atoms with Crippen LogP contribution in [0.5, 0.6) is 5.75 Å². The maximum atomic E-state index is 12.7. The second-order valence-electron chi connectivity index (χ2n) is 6.24. The van der Waals surface area contributed by atoms with Crippen LogP contribution >= 0.6 is 0 Å². The molecule has 5 heteroatoms. The molecule has 0 aromatic heterocycles. The standard InChI is InChI=1S/C18H22N2O3/c1-19(2)16-10-20(11-17(16)21)18(22)13-5-4-12-6-7-15(23-3)9-14(12)8-13/h4-9,16-17,21H,10-11H2,1-3H3/t16-,17-/m0/s1. The molecule has 1 aliphatic rings. The Morgan fingerprint density at radius 3 is 2.57 bits per heavy atom. The summed E-state index contributed by atoms with van der Waals surface area (Å²) in [6.07, 6.45) is -0.505. The van der Waals surface area contributed by atoms with Gasteiger partial charge in [0, 0.05) is 18.7 Å². The summed E-state index contributed by atoms with van der Waals surface area (Å²) in [5, 5.41) is 12.1. The van der Waals surface area contributed by atoms with Crippen LogP contribution in [0.3, 0.4) is 0 Å². The van der Waals surface area contributed by atoms with Crippen LogP contribution in [0, 0.1) is 0 Å². The molecule has 1 heterocycles. The molecule has 122 valence electrons. The third-order valence-corrected chi connectivity index (χ3v) is 4.50.